The van der Waals surface area contributed by atoms with E-state index in [4.69, 9.17) is 10.5 Å². The van der Waals surface area contributed by atoms with Gasteiger partial charge in [0, 0.05) is 24.0 Å². The minimum Gasteiger partial charge on any atom is -0.376 e. The molecule has 1 aliphatic rings. The van der Waals surface area contributed by atoms with Crippen LogP contribution in [0, 0.1) is 0 Å². The SMILES string of the molecule is CCC1COC(C)CN1CC(N)c1cccs1. The van der Waals surface area contributed by atoms with Gasteiger partial charge in [-0.05, 0) is 24.8 Å². The Balaban J connectivity index is 1.95. The quantitative estimate of drug-likeness (QED) is 0.895. The zero-order valence-corrected chi connectivity index (χ0v) is 11.5. The Labute approximate surface area is 108 Å². The van der Waals surface area contributed by atoms with Crippen molar-refractivity contribution in [1.82, 2.24) is 4.90 Å². The summed E-state index contributed by atoms with van der Waals surface area (Å²) in [6, 6.07) is 4.85. The van der Waals surface area contributed by atoms with Crippen LogP contribution in [0.4, 0.5) is 0 Å². The van der Waals surface area contributed by atoms with Gasteiger partial charge in [-0.25, -0.2) is 0 Å². The molecule has 0 saturated carbocycles. The third kappa shape index (κ3) is 3.28. The molecule has 2 rings (SSSR count). The number of hydrogen-bond donors (Lipinski definition) is 1. The fourth-order valence-corrected chi connectivity index (χ4v) is 3.08. The van der Waals surface area contributed by atoms with Crippen LogP contribution in [0.3, 0.4) is 0 Å². The number of thiophene rings is 1. The summed E-state index contributed by atoms with van der Waals surface area (Å²) >= 11 is 1.75. The second kappa shape index (κ2) is 5.96. The molecule has 3 atom stereocenters. The van der Waals surface area contributed by atoms with Crippen molar-refractivity contribution in [2.45, 2.75) is 38.5 Å². The van der Waals surface area contributed by atoms with Crippen LogP contribution < -0.4 is 5.73 Å². The lowest BCUT2D eigenvalue weighted by molar-refractivity contribution is -0.0574. The average Bonchev–Trinajstić information content (AvgIpc) is 2.83. The predicted octanol–water partition coefficient (Wildman–Crippen LogP) is 2.25. The van der Waals surface area contributed by atoms with Crippen molar-refractivity contribution in [3.63, 3.8) is 0 Å². The van der Waals surface area contributed by atoms with Crippen molar-refractivity contribution in [3.8, 4) is 0 Å². The van der Waals surface area contributed by atoms with Crippen LogP contribution in [-0.2, 0) is 4.74 Å². The monoisotopic (exact) mass is 254 g/mol. The standard InChI is InChI=1S/C13H22N2OS/c1-3-11-9-16-10(2)7-15(11)8-12(14)13-5-4-6-17-13/h4-6,10-12H,3,7-9,14H2,1-2H3. The van der Waals surface area contributed by atoms with Gasteiger partial charge in [0.25, 0.3) is 0 Å². The van der Waals surface area contributed by atoms with Gasteiger partial charge in [-0.2, -0.15) is 0 Å². The van der Waals surface area contributed by atoms with E-state index in [1.54, 1.807) is 11.3 Å². The lowest BCUT2D eigenvalue weighted by atomic mass is 10.1. The Bertz CT molecular complexity index is 328. The highest BCUT2D eigenvalue weighted by molar-refractivity contribution is 7.10. The van der Waals surface area contributed by atoms with E-state index in [1.165, 1.54) is 4.88 Å². The van der Waals surface area contributed by atoms with Crippen LogP contribution in [0.5, 0.6) is 0 Å². The van der Waals surface area contributed by atoms with Crippen LogP contribution in [0.15, 0.2) is 17.5 Å². The molecule has 0 amide bonds. The van der Waals surface area contributed by atoms with E-state index in [9.17, 15) is 0 Å². The van der Waals surface area contributed by atoms with Gasteiger partial charge in [-0.3, -0.25) is 4.90 Å². The molecule has 1 aromatic heterocycles. The summed E-state index contributed by atoms with van der Waals surface area (Å²) in [5, 5.41) is 2.09. The molecule has 1 saturated heterocycles. The summed E-state index contributed by atoms with van der Waals surface area (Å²) in [4.78, 5) is 3.76. The van der Waals surface area contributed by atoms with Crippen LogP contribution in [0.25, 0.3) is 0 Å². The highest BCUT2D eigenvalue weighted by atomic mass is 32.1. The second-order valence-corrected chi connectivity index (χ2v) is 5.76. The molecule has 0 aromatic carbocycles. The lowest BCUT2D eigenvalue weighted by Gasteiger charge is -2.39. The van der Waals surface area contributed by atoms with Gasteiger partial charge in [0.05, 0.1) is 18.8 Å². The van der Waals surface area contributed by atoms with Gasteiger partial charge >= 0.3 is 0 Å². The largest absolute Gasteiger partial charge is 0.376 e. The average molecular weight is 254 g/mol. The van der Waals surface area contributed by atoms with Gasteiger partial charge in [-0.15, -0.1) is 11.3 Å². The van der Waals surface area contributed by atoms with E-state index >= 15 is 0 Å². The Morgan fingerprint density at radius 1 is 1.65 bits per heavy atom. The molecule has 0 bridgehead atoms. The molecule has 0 aliphatic carbocycles. The maximum absolute atomic E-state index is 6.26. The number of nitrogens with zero attached hydrogens (tertiary/aromatic N) is 1. The molecule has 17 heavy (non-hydrogen) atoms. The van der Waals surface area contributed by atoms with Crippen molar-refractivity contribution in [1.29, 1.82) is 0 Å². The zero-order valence-electron chi connectivity index (χ0n) is 10.6. The van der Waals surface area contributed by atoms with Crippen LogP contribution in [0.2, 0.25) is 0 Å². The smallest absolute Gasteiger partial charge is 0.0674 e. The zero-order chi connectivity index (χ0) is 12.3. The molecule has 2 heterocycles. The Morgan fingerprint density at radius 3 is 3.12 bits per heavy atom. The Kier molecular flexibility index (Phi) is 4.56. The van der Waals surface area contributed by atoms with Crippen LogP contribution >= 0.6 is 11.3 Å². The molecule has 1 fully saturated rings. The Morgan fingerprint density at radius 2 is 2.47 bits per heavy atom. The van der Waals surface area contributed by atoms with Crippen LogP contribution in [-0.4, -0.2) is 36.7 Å². The minimum absolute atomic E-state index is 0.134. The van der Waals surface area contributed by atoms with E-state index in [2.05, 4.69) is 36.3 Å². The summed E-state index contributed by atoms with van der Waals surface area (Å²) in [6.45, 7) is 7.13. The predicted molar refractivity (Wildman–Crippen MR) is 72.3 cm³/mol. The highest BCUT2D eigenvalue weighted by Crippen LogP contribution is 2.21. The number of hydrogen-bond acceptors (Lipinski definition) is 4. The summed E-state index contributed by atoms with van der Waals surface area (Å²) in [5.41, 5.74) is 6.26. The fraction of sp³-hybridized carbons (Fsp3) is 0.692. The van der Waals surface area contributed by atoms with Gasteiger partial charge < -0.3 is 10.5 Å². The molecule has 0 radical (unpaired) electrons. The molecular weight excluding hydrogens is 232 g/mol. The maximum atomic E-state index is 6.26. The first-order valence-electron chi connectivity index (χ1n) is 6.35. The molecule has 0 spiro atoms. The van der Waals surface area contributed by atoms with E-state index in [1.807, 2.05) is 0 Å². The number of nitrogens with two attached hydrogens (primary N) is 1. The maximum Gasteiger partial charge on any atom is 0.0674 e. The first-order chi connectivity index (χ1) is 8.20. The lowest BCUT2D eigenvalue weighted by Crippen LogP contribution is -2.50. The first-order valence-corrected chi connectivity index (χ1v) is 7.23. The molecule has 2 N–H and O–H groups in total. The van der Waals surface area contributed by atoms with Gasteiger partial charge in [0.2, 0.25) is 0 Å². The van der Waals surface area contributed by atoms with Gasteiger partial charge in [0.15, 0.2) is 0 Å². The van der Waals surface area contributed by atoms with Crippen LogP contribution in [0.1, 0.15) is 31.2 Å². The third-order valence-corrected chi connectivity index (χ3v) is 4.40. The Hall–Kier alpha value is -0.420. The van der Waals surface area contributed by atoms with Crippen molar-refractivity contribution in [2.24, 2.45) is 5.73 Å². The van der Waals surface area contributed by atoms with Gasteiger partial charge in [-0.1, -0.05) is 13.0 Å². The molecule has 4 heteroatoms. The highest BCUT2D eigenvalue weighted by Gasteiger charge is 2.27. The van der Waals surface area contributed by atoms with Crippen molar-refractivity contribution >= 4 is 11.3 Å². The fourth-order valence-electron chi connectivity index (χ4n) is 2.36. The summed E-state index contributed by atoms with van der Waals surface area (Å²) in [5.74, 6) is 0. The van der Waals surface area contributed by atoms with E-state index in [0.29, 0.717) is 12.1 Å². The van der Waals surface area contributed by atoms with Crippen molar-refractivity contribution in [2.75, 3.05) is 19.7 Å². The number of ether oxygens (including phenoxy) is 1. The molecule has 96 valence electrons. The number of morpholine rings is 1. The summed E-state index contributed by atoms with van der Waals surface area (Å²) in [7, 11) is 0. The van der Waals surface area contributed by atoms with E-state index in [0.717, 1.165) is 26.1 Å². The molecular formula is C13H22N2OS. The van der Waals surface area contributed by atoms with E-state index in [-0.39, 0.29) is 6.04 Å². The molecule has 1 aliphatic heterocycles. The van der Waals surface area contributed by atoms with Crippen molar-refractivity contribution in [3.05, 3.63) is 22.4 Å². The van der Waals surface area contributed by atoms with E-state index < -0.39 is 0 Å². The van der Waals surface area contributed by atoms with Crippen molar-refractivity contribution < 1.29 is 4.74 Å². The van der Waals surface area contributed by atoms with Gasteiger partial charge in [0.1, 0.15) is 0 Å². The molecule has 3 unspecified atom stereocenters. The summed E-state index contributed by atoms with van der Waals surface area (Å²) in [6.07, 6.45) is 1.46. The number of rotatable bonds is 4. The third-order valence-electron chi connectivity index (χ3n) is 3.39. The molecule has 1 aromatic rings. The topological polar surface area (TPSA) is 38.5 Å². The first kappa shape index (κ1) is 13.0. The minimum atomic E-state index is 0.134. The normalized spacial score (nSPS) is 28.2. The second-order valence-electron chi connectivity index (χ2n) is 4.78. The summed E-state index contributed by atoms with van der Waals surface area (Å²) < 4.78 is 5.70. The molecule has 3 nitrogen and oxygen atoms in total.